The van der Waals surface area contributed by atoms with Crippen LogP contribution in [0.1, 0.15) is 10.4 Å². The van der Waals surface area contributed by atoms with Crippen molar-refractivity contribution in [3.05, 3.63) is 87.4 Å². The van der Waals surface area contributed by atoms with Crippen LogP contribution in [0.15, 0.2) is 66.7 Å². The highest BCUT2D eigenvalue weighted by Crippen LogP contribution is 2.41. The summed E-state index contributed by atoms with van der Waals surface area (Å²) in [4.78, 5) is 12.7. The second kappa shape index (κ2) is 6.81. The normalized spacial score (nSPS) is 11.0. The van der Waals surface area contributed by atoms with Crippen LogP contribution >= 0.6 is 34.8 Å². The van der Waals surface area contributed by atoms with Gasteiger partial charge in [-0.1, -0.05) is 65.1 Å². The van der Waals surface area contributed by atoms with Crippen LogP contribution in [-0.4, -0.2) is 5.97 Å². The summed E-state index contributed by atoms with van der Waals surface area (Å²) in [5, 5.41) is 4.55. The van der Waals surface area contributed by atoms with Gasteiger partial charge in [0.05, 0.1) is 10.6 Å². The molecule has 0 aliphatic rings. The van der Waals surface area contributed by atoms with Crippen LogP contribution in [0, 0.1) is 0 Å². The van der Waals surface area contributed by atoms with Gasteiger partial charge < -0.3 is 4.74 Å². The molecule has 0 aliphatic carbocycles. The lowest BCUT2D eigenvalue weighted by Gasteiger charge is -2.14. The Morgan fingerprint density at radius 1 is 0.769 bits per heavy atom. The highest BCUT2D eigenvalue weighted by atomic mass is 35.5. The first-order valence-corrected chi connectivity index (χ1v) is 8.95. The molecule has 0 spiro atoms. The zero-order valence-corrected chi connectivity index (χ0v) is 15.6. The summed E-state index contributed by atoms with van der Waals surface area (Å²) in [6, 6.07) is 19.5. The summed E-state index contributed by atoms with van der Waals surface area (Å²) in [7, 11) is 0. The number of rotatable bonds is 2. The van der Waals surface area contributed by atoms with Crippen LogP contribution in [0.3, 0.4) is 0 Å². The molecule has 0 aromatic heterocycles. The van der Waals surface area contributed by atoms with Crippen LogP contribution in [0.5, 0.6) is 5.75 Å². The number of carbonyl (C=O) groups excluding carboxylic acids is 1. The van der Waals surface area contributed by atoms with E-state index in [0.717, 1.165) is 10.8 Å². The van der Waals surface area contributed by atoms with E-state index in [1.54, 1.807) is 36.4 Å². The maximum atomic E-state index is 12.7. The highest BCUT2D eigenvalue weighted by molar-refractivity contribution is 6.39. The van der Waals surface area contributed by atoms with Gasteiger partial charge in [0.25, 0.3) is 0 Å². The average Bonchev–Trinajstić information content (AvgIpc) is 2.62. The summed E-state index contributed by atoms with van der Waals surface area (Å²) in [5.74, 6) is -0.128. The van der Waals surface area contributed by atoms with E-state index in [-0.39, 0.29) is 0 Å². The van der Waals surface area contributed by atoms with Crippen molar-refractivity contribution in [1.82, 2.24) is 0 Å². The van der Waals surface area contributed by atoms with Crippen molar-refractivity contribution in [3.63, 3.8) is 0 Å². The fourth-order valence-corrected chi connectivity index (χ4v) is 3.63. The number of halogens is 3. The molecule has 4 aromatic rings. The third-order valence-corrected chi connectivity index (χ3v) is 5.01. The maximum Gasteiger partial charge on any atom is 0.343 e. The van der Waals surface area contributed by atoms with E-state index in [0.29, 0.717) is 37.2 Å². The van der Waals surface area contributed by atoms with E-state index in [1.165, 1.54) is 0 Å². The van der Waals surface area contributed by atoms with E-state index in [2.05, 4.69) is 0 Å². The summed E-state index contributed by atoms with van der Waals surface area (Å²) in [6.07, 6.45) is 0. The fourth-order valence-electron chi connectivity index (χ4n) is 2.95. The number of benzene rings is 4. The Morgan fingerprint density at radius 2 is 1.50 bits per heavy atom. The lowest BCUT2D eigenvalue weighted by Crippen LogP contribution is -2.09. The molecule has 0 bridgehead atoms. The zero-order valence-electron chi connectivity index (χ0n) is 13.3. The van der Waals surface area contributed by atoms with Crippen LogP contribution in [0.25, 0.3) is 21.5 Å². The Kier molecular flexibility index (Phi) is 4.49. The molecule has 0 unspecified atom stereocenters. The van der Waals surface area contributed by atoms with Crippen molar-refractivity contribution >= 4 is 62.3 Å². The molecule has 128 valence electrons. The third-order valence-electron chi connectivity index (χ3n) is 4.13. The number of hydrogen-bond acceptors (Lipinski definition) is 2. The lowest BCUT2D eigenvalue weighted by atomic mass is 10.0. The van der Waals surface area contributed by atoms with Gasteiger partial charge >= 0.3 is 5.97 Å². The van der Waals surface area contributed by atoms with Gasteiger partial charge in [-0.05, 0) is 41.8 Å². The molecule has 0 saturated heterocycles. The lowest BCUT2D eigenvalue weighted by molar-refractivity contribution is 0.0739. The number of hydrogen-bond donors (Lipinski definition) is 0. The zero-order chi connectivity index (χ0) is 18.3. The molecule has 0 heterocycles. The summed E-state index contributed by atoms with van der Waals surface area (Å²) >= 11 is 18.7. The smallest absolute Gasteiger partial charge is 0.343 e. The Morgan fingerprint density at radius 3 is 2.31 bits per heavy atom. The molecule has 0 radical (unpaired) electrons. The minimum absolute atomic E-state index is 0.358. The summed E-state index contributed by atoms with van der Waals surface area (Å²) < 4.78 is 5.78. The minimum Gasteiger partial charge on any atom is -0.422 e. The van der Waals surface area contributed by atoms with Gasteiger partial charge in [-0.25, -0.2) is 4.79 Å². The Bertz CT molecular complexity index is 1170. The van der Waals surface area contributed by atoms with Crippen molar-refractivity contribution in [2.75, 3.05) is 0 Å². The first-order chi connectivity index (χ1) is 12.5. The van der Waals surface area contributed by atoms with Gasteiger partial charge in [-0.15, -0.1) is 0 Å². The quantitative estimate of drug-likeness (QED) is 0.202. The van der Waals surface area contributed by atoms with Gasteiger partial charge in [0, 0.05) is 26.2 Å². The summed E-state index contributed by atoms with van der Waals surface area (Å²) in [6.45, 7) is 0. The molecule has 0 atom stereocenters. The Hall–Kier alpha value is -2.26. The number of ether oxygens (including phenoxy) is 1. The molecular formula is C21H11Cl3O2. The molecule has 0 fully saturated rings. The molecule has 0 amide bonds. The van der Waals surface area contributed by atoms with Crippen LogP contribution in [-0.2, 0) is 0 Å². The van der Waals surface area contributed by atoms with Crippen molar-refractivity contribution in [2.45, 2.75) is 0 Å². The molecule has 0 saturated carbocycles. The van der Waals surface area contributed by atoms with E-state index < -0.39 is 5.97 Å². The third kappa shape index (κ3) is 3.01. The summed E-state index contributed by atoms with van der Waals surface area (Å²) in [5.41, 5.74) is 0.358. The van der Waals surface area contributed by atoms with Crippen LogP contribution in [0.2, 0.25) is 15.1 Å². The molecule has 0 N–H and O–H groups in total. The Labute approximate surface area is 164 Å². The van der Waals surface area contributed by atoms with Crippen molar-refractivity contribution in [1.29, 1.82) is 0 Å². The van der Waals surface area contributed by atoms with E-state index in [1.807, 2.05) is 30.3 Å². The topological polar surface area (TPSA) is 26.3 Å². The Balaban J connectivity index is 1.97. The largest absolute Gasteiger partial charge is 0.422 e. The van der Waals surface area contributed by atoms with Crippen LogP contribution in [0.4, 0.5) is 0 Å². The van der Waals surface area contributed by atoms with E-state index in [4.69, 9.17) is 39.5 Å². The number of carbonyl (C=O) groups is 1. The first-order valence-electron chi connectivity index (χ1n) is 7.82. The SMILES string of the molecule is O=C(Oc1c2cccc(Cl)c2cc2cccc(Cl)c12)c1cccc(Cl)c1. The molecule has 2 nitrogen and oxygen atoms in total. The first kappa shape index (κ1) is 17.2. The average molecular weight is 402 g/mol. The van der Waals surface area contributed by atoms with Gasteiger partial charge in [0.15, 0.2) is 0 Å². The molecular weight excluding hydrogens is 391 g/mol. The number of esters is 1. The van der Waals surface area contributed by atoms with Crippen molar-refractivity contribution < 1.29 is 9.53 Å². The second-order valence-corrected chi connectivity index (χ2v) is 7.03. The van der Waals surface area contributed by atoms with Crippen molar-refractivity contribution in [3.8, 4) is 5.75 Å². The number of fused-ring (bicyclic) bond motifs is 2. The fraction of sp³-hybridized carbons (Fsp3) is 0. The predicted molar refractivity (Wildman–Crippen MR) is 108 cm³/mol. The standard InChI is InChI=1S/C21H11Cl3O2/c22-14-6-1-5-13(10-14)21(25)26-20-15-7-3-8-17(23)16(15)11-12-4-2-9-18(24)19(12)20/h1-11H. The van der Waals surface area contributed by atoms with E-state index >= 15 is 0 Å². The predicted octanol–water partition coefficient (Wildman–Crippen LogP) is 7.17. The monoisotopic (exact) mass is 400 g/mol. The van der Waals surface area contributed by atoms with Gasteiger partial charge in [-0.3, -0.25) is 0 Å². The van der Waals surface area contributed by atoms with Crippen LogP contribution < -0.4 is 4.74 Å². The minimum atomic E-state index is -0.513. The highest BCUT2D eigenvalue weighted by Gasteiger charge is 2.17. The molecule has 4 rings (SSSR count). The molecule has 5 heteroatoms. The second-order valence-electron chi connectivity index (χ2n) is 5.78. The van der Waals surface area contributed by atoms with Gasteiger partial charge in [0.1, 0.15) is 5.75 Å². The molecule has 4 aromatic carbocycles. The van der Waals surface area contributed by atoms with Gasteiger partial charge in [-0.2, -0.15) is 0 Å². The van der Waals surface area contributed by atoms with Gasteiger partial charge in [0.2, 0.25) is 0 Å². The molecule has 26 heavy (non-hydrogen) atoms. The van der Waals surface area contributed by atoms with E-state index in [9.17, 15) is 4.79 Å². The molecule has 0 aliphatic heterocycles. The maximum absolute atomic E-state index is 12.7. The van der Waals surface area contributed by atoms with Crippen molar-refractivity contribution in [2.24, 2.45) is 0 Å².